The number of hydrogen-bond acceptors (Lipinski definition) is 2. The summed E-state index contributed by atoms with van der Waals surface area (Å²) in [5.41, 5.74) is -0.323. The second kappa shape index (κ2) is 4.76. The predicted octanol–water partition coefficient (Wildman–Crippen LogP) is 2.90. The Morgan fingerprint density at radius 3 is 2.47 bits per heavy atom. The van der Waals surface area contributed by atoms with E-state index in [-0.39, 0.29) is 5.54 Å². The van der Waals surface area contributed by atoms with Gasteiger partial charge in [0.15, 0.2) is 0 Å². The van der Waals surface area contributed by atoms with E-state index in [1.54, 1.807) is 0 Å². The molecule has 3 fully saturated rings. The molecule has 108 valence electrons. The van der Waals surface area contributed by atoms with Crippen LogP contribution in [0.1, 0.15) is 65.7 Å². The number of carbonyl (C=O) groups is 1. The fourth-order valence-corrected chi connectivity index (χ4v) is 3.98. The van der Waals surface area contributed by atoms with Gasteiger partial charge in [-0.1, -0.05) is 19.8 Å². The highest BCUT2D eigenvalue weighted by Crippen LogP contribution is 2.42. The molecule has 3 aliphatic rings. The Morgan fingerprint density at radius 2 is 1.95 bits per heavy atom. The average molecular weight is 264 g/mol. The summed E-state index contributed by atoms with van der Waals surface area (Å²) in [7, 11) is 0. The van der Waals surface area contributed by atoms with Crippen LogP contribution in [-0.4, -0.2) is 28.6 Å². The van der Waals surface area contributed by atoms with Crippen LogP contribution in [0.15, 0.2) is 0 Å². The molecule has 1 heterocycles. The van der Waals surface area contributed by atoms with Gasteiger partial charge in [-0.2, -0.15) is 0 Å². The van der Waals surface area contributed by atoms with Crippen molar-refractivity contribution < 1.29 is 4.79 Å². The van der Waals surface area contributed by atoms with Crippen LogP contribution >= 0.6 is 0 Å². The van der Waals surface area contributed by atoms with Crippen LogP contribution in [0.2, 0.25) is 0 Å². The molecule has 0 aromatic rings. The lowest BCUT2D eigenvalue weighted by Crippen LogP contribution is -2.47. The van der Waals surface area contributed by atoms with Crippen molar-refractivity contribution in [3.8, 4) is 0 Å². The van der Waals surface area contributed by atoms with Gasteiger partial charge in [0.25, 0.3) is 0 Å². The van der Waals surface area contributed by atoms with Crippen molar-refractivity contribution in [1.29, 1.82) is 0 Å². The van der Waals surface area contributed by atoms with E-state index in [9.17, 15) is 4.79 Å². The van der Waals surface area contributed by atoms with Crippen LogP contribution in [0.3, 0.4) is 0 Å². The van der Waals surface area contributed by atoms with E-state index in [1.165, 1.54) is 38.5 Å². The minimum atomic E-state index is -0.323. The van der Waals surface area contributed by atoms with Crippen LogP contribution in [-0.2, 0) is 4.79 Å². The van der Waals surface area contributed by atoms with Gasteiger partial charge in [-0.3, -0.25) is 10.1 Å². The van der Waals surface area contributed by atoms with E-state index in [4.69, 9.17) is 0 Å². The Balaban J connectivity index is 1.84. The topological polar surface area (TPSA) is 32.3 Å². The fourth-order valence-electron chi connectivity index (χ4n) is 3.98. The van der Waals surface area contributed by atoms with Crippen LogP contribution in [0.5, 0.6) is 0 Å². The number of nitrogens with zero attached hydrogens (tertiary/aromatic N) is 1. The molecule has 0 bridgehead atoms. The molecule has 1 aliphatic heterocycles. The summed E-state index contributed by atoms with van der Waals surface area (Å²) in [6, 6.07) is 0.430. The molecule has 3 nitrogen and oxygen atoms in total. The maximum atomic E-state index is 12.9. The van der Waals surface area contributed by atoms with Crippen molar-refractivity contribution >= 4 is 5.91 Å². The lowest BCUT2D eigenvalue weighted by molar-refractivity contribution is -0.135. The summed E-state index contributed by atoms with van der Waals surface area (Å²) >= 11 is 0. The summed E-state index contributed by atoms with van der Waals surface area (Å²) in [6.07, 6.45) is 9.07. The van der Waals surface area contributed by atoms with Crippen molar-refractivity contribution in [2.24, 2.45) is 11.8 Å². The van der Waals surface area contributed by atoms with E-state index in [0.717, 1.165) is 12.3 Å². The smallest absolute Gasteiger partial charge is 0.244 e. The van der Waals surface area contributed by atoms with E-state index in [1.807, 2.05) is 0 Å². The molecular formula is C16H28N2O. The SMILES string of the molecule is CCC1(C)NC(C2CCCC2)N(C(C)C2CC2)C1=O. The minimum Gasteiger partial charge on any atom is -0.322 e. The van der Waals surface area contributed by atoms with E-state index < -0.39 is 0 Å². The standard InChI is InChI=1S/C16H28N2O/c1-4-16(3)15(19)18(11(2)12-9-10-12)14(17-16)13-7-5-6-8-13/h11-14,17H,4-10H2,1-3H3. The van der Waals surface area contributed by atoms with Crippen LogP contribution in [0.4, 0.5) is 0 Å². The average Bonchev–Trinajstić information content (AvgIpc) is 3.05. The van der Waals surface area contributed by atoms with Gasteiger partial charge in [0.1, 0.15) is 0 Å². The van der Waals surface area contributed by atoms with Crippen molar-refractivity contribution in [2.45, 2.75) is 83.5 Å². The molecule has 1 amide bonds. The highest BCUT2D eigenvalue weighted by molar-refractivity contribution is 5.88. The van der Waals surface area contributed by atoms with Crippen LogP contribution < -0.4 is 5.32 Å². The van der Waals surface area contributed by atoms with Gasteiger partial charge >= 0.3 is 0 Å². The molecule has 0 aromatic heterocycles. The normalized spacial score (nSPS) is 38.2. The van der Waals surface area contributed by atoms with Gasteiger partial charge in [-0.15, -0.1) is 0 Å². The Kier molecular flexibility index (Phi) is 3.36. The third-order valence-electron chi connectivity index (χ3n) is 5.77. The second-order valence-corrected chi connectivity index (χ2v) is 7.11. The lowest BCUT2D eigenvalue weighted by Gasteiger charge is -2.34. The summed E-state index contributed by atoms with van der Waals surface area (Å²) in [6.45, 7) is 6.49. The molecule has 2 aliphatic carbocycles. The lowest BCUT2D eigenvalue weighted by atomic mass is 9.98. The largest absolute Gasteiger partial charge is 0.322 e. The number of rotatable bonds is 4. The molecule has 19 heavy (non-hydrogen) atoms. The zero-order valence-electron chi connectivity index (χ0n) is 12.6. The monoisotopic (exact) mass is 264 g/mol. The van der Waals surface area contributed by atoms with Crippen LogP contribution in [0, 0.1) is 11.8 Å². The molecule has 0 aromatic carbocycles. The summed E-state index contributed by atoms with van der Waals surface area (Å²) in [5.74, 6) is 1.79. The Labute approximate surface area is 117 Å². The van der Waals surface area contributed by atoms with Crippen molar-refractivity contribution in [2.75, 3.05) is 0 Å². The molecule has 1 N–H and O–H groups in total. The molecule has 0 radical (unpaired) electrons. The molecular weight excluding hydrogens is 236 g/mol. The number of carbonyl (C=O) groups excluding carboxylic acids is 1. The van der Waals surface area contributed by atoms with Gasteiger partial charge in [0.2, 0.25) is 5.91 Å². The Morgan fingerprint density at radius 1 is 1.32 bits per heavy atom. The predicted molar refractivity (Wildman–Crippen MR) is 76.6 cm³/mol. The zero-order chi connectivity index (χ0) is 13.6. The number of nitrogens with one attached hydrogen (secondary N) is 1. The Bertz CT molecular complexity index is 360. The molecule has 2 saturated carbocycles. The molecule has 1 saturated heterocycles. The first-order chi connectivity index (χ1) is 9.07. The number of amides is 1. The first-order valence-corrected chi connectivity index (χ1v) is 8.17. The first kappa shape index (κ1) is 13.4. The van der Waals surface area contributed by atoms with E-state index in [2.05, 4.69) is 31.0 Å². The van der Waals surface area contributed by atoms with Crippen LogP contribution in [0.25, 0.3) is 0 Å². The van der Waals surface area contributed by atoms with Crippen molar-refractivity contribution in [1.82, 2.24) is 10.2 Å². The molecule has 3 rings (SSSR count). The fraction of sp³-hybridized carbons (Fsp3) is 0.938. The third-order valence-corrected chi connectivity index (χ3v) is 5.77. The maximum absolute atomic E-state index is 12.9. The van der Waals surface area contributed by atoms with Crippen molar-refractivity contribution in [3.63, 3.8) is 0 Å². The zero-order valence-corrected chi connectivity index (χ0v) is 12.6. The highest BCUT2D eigenvalue weighted by atomic mass is 16.2. The first-order valence-electron chi connectivity index (χ1n) is 8.17. The van der Waals surface area contributed by atoms with Gasteiger partial charge in [0.05, 0.1) is 11.7 Å². The Hall–Kier alpha value is -0.570. The van der Waals surface area contributed by atoms with Gasteiger partial charge < -0.3 is 4.90 Å². The van der Waals surface area contributed by atoms with E-state index in [0.29, 0.717) is 24.0 Å². The molecule has 3 atom stereocenters. The molecule has 3 unspecified atom stereocenters. The highest BCUT2D eigenvalue weighted by Gasteiger charge is 2.52. The summed E-state index contributed by atoms with van der Waals surface area (Å²) in [4.78, 5) is 15.1. The molecule has 0 spiro atoms. The number of hydrogen-bond donors (Lipinski definition) is 1. The third kappa shape index (κ3) is 2.20. The van der Waals surface area contributed by atoms with Gasteiger partial charge in [0, 0.05) is 6.04 Å². The molecule has 3 heteroatoms. The minimum absolute atomic E-state index is 0.301. The quantitative estimate of drug-likeness (QED) is 0.847. The summed E-state index contributed by atoms with van der Waals surface area (Å²) < 4.78 is 0. The summed E-state index contributed by atoms with van der Waals surface area (Å²) in [5, 5.41) is 3.70. The van der Waals surface area contributed by atoms with Gasteiger partial charge in [-0.05, 0) is 57.8 Å². The van der Waals surface area contributed by atoms with Crippen molar-refractivity contribution in [3.05, 3.63) is 0 Å². The van der Waals surface area contributed by atoms with Gasteiger partial charge in [-0.25, -0.2) is 0 Å². The maximum Gasteiger partial charge on any atom is 0.244 e. The van der Waals surface area contributed by atoms with E-state index >= 15 is 0 Å². The second-order valence-electron chi connectivity index (χ2n) is 7.11.